The molecule has 1 aliphatic carbocycles. The Bertz CT molecular complexity index is 1020. The smallest absolute Gasteiger partial charge is 0.328 e. The zero-order chi connectivity index (χ0) is 17.8. The standard InChI is InChI=1S/C20H18N2O3/c1-13-12-15(9-5-8-14-6-3-2-4-7-14)10-11-16(13)17-18(23)21-20(25)22-19(17)24/h2-11H,12H2,1H3,(H3,21,22,23,24,25). The quantitative estimate of drug-likeness (QED) is 0.806. The SMILES string of the molecule is CC1=C(c2c(O)[nH]c(=O)[nH]c2=O)C=CC(=CC=Cc2ccccc2)C1. The van der Waals surface area contributed by atoms with E-state index < -0.39 is 17.1 Å². The minimum absolute atomic E-state index is 0.0900. The number of aromatic amines is 2. The minimum atomic E-state index is -0.726. The van der Waals surface area contributed by atoms with Gasteiger partial charge in [-0.3, -0.25) is 14.8 Å². The highest BCUT2D eigenvalue weighted by Gasteiger charge is 2.17. The Labute approximate surface area is 144 Å². The number of aromatic nitrogens is 2. The van der Waals surface area contributed by atoms with Crippen LogP contribution in [-0.2, 0) is 0 Å². The molecule has 1 heterocycles. The average Bonchev–Trinajstić information content (AvgIpc) is 2.57. The molecule has 3 rings (SSSR count). The maximum absolute atomic E-state index is 12.0. The third-order valence-electron chi connectivity index (χ3n) is 3.98. The van der Waals surface area contributed by atoms with Crippen LogP contribution < -0.4 is 11.2 Å². The Morgan fingerprint density at radius 2 is 1.84 bits per heavy atom. The Morgan fingerprint density at radius 1 is 1.08 bits per heavy atom. The molecule has 126 valence electrons. The lowest BCUT2D eigenvalue weighted by atomic mass is 9.91. The number of hydrogen-bond donors (Lipinski definition) is 3. The number of allylic oxidation sites excluding steroid dienone is 7. The van der Waals surface area contributed by atoms with Crippen LogP contribution in [0.2, 0.25) is 0 Å². The van der Waals surface area contributed by atoms with Gasteiger partial charge in [-0.15, -0.1) is 0 Å². The first kappa shape index (κ1) is 16.5. The predicted molar refractivity (Wildman–Crippen MR) is 99.3 cm³/mol. The first-order valence-corrected chi connectivity index (χ1v) is 7.90. The van der Waals surface area contributed by atoms with Gasteiger partial charge in [-0.05, 0) is 30.1 Å². The molecule has 3 N–H and O–H groups in total. The Kier molecular flexibility index (Phi) is 4.66. The predicted octanol–water partition coefficient (Wildman–Crippen LogP) is 3.14. The van der Waals surface area contributed by atoms with E-state index in [1.54, 1.807) is 6.08 Å². The molecule has 0 aliphatic heterocycles. The van der Waals surface area contributed by atoms with Crippen LogP contribution in [0.25, 0.3) is 11.6 Å². The molecule has 2 aromatic rings. The second-order valence-corrected chi connectivity index (χ2v) is 5.85. The molecule has 0 saturated carbocycles. The van der Waals surface area contributed by atoms with E-state index in [4.69, 9.17) is 0 Å². The Hall–Kier alpha value is -3.34. The van der Waals surface area contributed by atoms with Gasteiger partial charge < -0.3 is 5.11 Å². The molecule has 1 aromatic heterocycles. The number of aromatic hydroxyl groups is 1. The van der Waals surface area contributed by atoms with Crippen molar-refractivity contribution >= 4 is 11.6 Å². The largest absolute Gasteiger partial charge is 0.494 e. The number of hydrogen-bond acceptors (Lipinski definition) is 3. The van der Waals surface area contributed by atoms with Crippen molar-refractivity contribution in [2.75, 3.05) is 0 Å². The van der Waals surface area contributed by atoms with E-state index in [9.17, 15) is 14.7 Å². The summed E-state index contributed by atoms with van der Waals surface area (Å²) >= 11 is 0. The first-order valence-electron chi connectivity index (χ1n) is 7.90. The summed E-state index contributed by atoms with van der Waals surface area (Å²) in [4.78, 5) is 27.5. The van der Waals surface area contributed by atoms with Crippen molar-refractivity contribution in [3.05, 3.63) is 97.7 Å². The maximum atomic E-state index is 12.0. The molecule has 0 atom stereocenters. The molecule has 5 nitrogen and oxygen atoms in total. The van der Waals surface area contributed by atoms with Crippen LogP contribution in [0.5, 0.6) is 5.88 Å². The van der Waals surface area contributed by atoms with Gasteiger partial charge in [0, 0.05) is 0 Å². The van der Waals surface area contributed by atoms with Gasteiger partial charge in [0.2, 0.25) is 5.88 Å². The van der Waals surface area contributed by atoms with Gasteiger partial charge in [0.25, 0.3) is 5.56 Å². The fourth-order valence-corrected chi connectivity index (χ4v) is 2.78. The van der Waals surface area contributed by atoms with Crippen LogP contribution in [0.15, 0.2) is 75.4 Å². The summed E-state index contributed by atoms with van der Waals surface area (Å²) < 4.78 is 0. The van der Waals surface area contributed by atoms with Crippen LogP contribution in [0.4, 0.5) is 0 Å². The molecule has 1 aromatic carbocycles. The first-order chi connectivity index (χ1) is 12.0. The monoisotopic (exact) mass is 334 g/mol. The van der Waals surface area contributed by atoms with Crippen molar-refractivity contribution in [2.45, 2.75) is 13.3 Å². The molecule has 0 saturated heterocycles. The molecular formula is C20H18N2O3. The summed E-state index contributed by atoms with van der Waals surface area (Å²) in [6.07, 6.45) is 10.4. The number of H-pyrrole nitrogens is 2. The lowest BCUT2D eigenvalue weighted by molar-refractivity contribution is 0.446. The number of rotatable bonds is 3. The van der Waals surface area contributed by atoms with Gasteiger partial charge in [-0.25, -0.2) is 4.79 Å². The van der Waals surface area contributed by atoms with Crippen molar-refractivity contribution in [1.29, 1.82) is 0 Å². The van der Waals surface area contributed by atoms with Crippen molar-refractivity contribution < 1.29 is 5.11 Å². The van der Waals surface area contributed by atoms with Gasteiger partial charge in [0.1, 0.15) is 5.56 Å². The topological polar surface area (TPSA) is 85.9 Å². The van der Waals surface area contributed by atoms with Crippen molar-refractivity contribution in [3.8, 4) is 5.88 Å². The van der Waals surface area contributed by atoms with Gasteiger partial charge in [-0.2, -0.15) is 0 Å². The highest BCUT2D eigenvalue weighted by Crippen LogP contribution is 2.30. The summed E-state index contributed by atoms with van der Waals surface area (Å²) in [5.41, 5.74) is 2.54. The molecule has 0 radical (unpaired) electrons. The van der Waals surface area contributed by atoms with Crippen molar-refractivity contribution in [2.24, 2.45) is 0 Å². The van der Waals surface area contributed by atoms with E-state index >= 15 is 0 Å². The number of benzene rings is 1. The third-order valence-corrected chi connectivity index (χ3v) is 3.98. The van der Waals surface area contributed by atoms with E-state index in [2.05, 4.69) is 9.97 Å². The third kappa shape index (κ3) is 3.77. The van der Waals surface area contributed by atoms with Crippen LogP contribution in [0, 0.1) is 0 Å². The zero-order valence-corrected chi connectivity index (χ0v) is 13.7. The molecule has 0 amide bonds. The molecular weight excluding hydrogens is 316 g/mol. The van der Waals surface area contributed by atoms with Crippen LogP contribution >= 0.6 is 0 Å². The molecule has 0 unspecified atom stereocenters. The highest BCUT2D eigenvalue weighted by atomic mass is 16.3. The normalized spacial score (nSPS) is 16.1. The fraction of sp³-hybridized carbons (Fsp3) is 0.100. The van der Waals surface area contributed by atoms with E-state index in [-0.39, 0.29) is 5.56 Å². The highest BCUT2D eigenvalue weighted by molar-refractivity contribution is 5.80. The van der Waals surface area contributed by atoms with Gasteiger partial charge in [0.05, 0.1) is 0 Å². The van der Waals surface area contributed by atoms with E-state index in [1.165, 1.54) is 0 Å². The van der Waals surface area contributed by atoms with E-state index in [0.29, 0.717) is 12.0 Å². The lowest BCUT2D eigenvalue weighted by Gasteiger charge is -2.14. The van der Waals surface area contributed by atoms with Crippen molar-refractivity contribution in [3.63, 3.8) is 0 Å². The summed E-state index contributed by atoms with van der Waals surface area (Å²) in [6.45, 7) is 1.90. The van der Waals surface area contributed by atoms with Gasteiger partial charge in [-0.1, -0.05) is 66.3 Å². The van der Waals surface area contributed by atoms with E-state index in [0.717, 1.165) is 16.7 Å². The van der Waals surface area contributed by atoms with E-state index in [1.807, 2.05) is 61.6 Å². The van der Waals surface area contributed by atoms with Crippen LogP contribution in [-0.4, -0.2) is 15.1 Å². The summed E-state index contributed by atoms with van der Waals surface area (Å²) in [5, 5.41) is 9.91. The van der Waals surface area contributed by atoms with Gasteiger partial charge >= 0.3 is 5.69 Å². The lowest BCUT2D eigenvalue weighted by Crippen LogP contribution is -2.25. The van der Waals surface area contributed by atoms with Crippen LogP contribution in [0.1, 0.15) is 24.5 Å². The summed E-state index contributed by atoms with van der Waals surface area (Å²) in [6, 6.07) is 10.0. The second-order valence-electron chi connectivity index (χ2n) is 5.85. The Balaban J connectivity index is 1.84. The van der Waals surface area contributed by atoms with Crippen molar-refractivity contribution in [1.82, 2.24) is 9.97 Å². The fourth-order valence-electron chi connectivity index (χ4n) is 2.78. The number of nitrogens with one attached hydrogen (secondary N) is 2. The van der Waals surface area contributed by atoms with Gasteiger partial charge in [0.15, 0.2) is 0 Å². The molecule has 0 spiro atoms. The molecule has 5 heteroatoms. The maximum Gasteiger partial charge on any atom is 0.328 e. The molecule has 1 aliphatic rings. The summed E-state index contributed by atoms with van der Waals surface area (Å²) in [7, 11) is 0. The molecule has 0 fully saturated rings. The Morgan fingerprint density at radius 3 is 2.52 bits per heavy atom. The van der Waals surface area contributed by atoms with Crippen LogP contribution in [0.3, 0.4) is 0 Å². The molecule has 0 bridgehead atoms. The molecule has 25 heavy (non-hydrogen) atoms. The minimum Gasteiger partial charge on any atom is -0.494 e. The summed E-state index contributed by atoms with van der Waals surface area (Å²) in [5.74, 6) is -0.413. The average molecular weight is 334 g/mol. The zero-order valence-electron chi connectivity index (χ0n) is 13.7. The second kappa shape index (κ2) is 7.05.